The summed E-state index contributed by atoms with van der Waals surface area (Å²) in [4.78, 5) is 8.77. The first-order valence-corrected chi connectivity index (χ1v) is 14.6. The van der Waals surface area contributed by atoms with Crippen LogP contribution < -0.4 is 0 Å². The number of aromatic nitrogens is 1. The lowest BCUT2D eigenvalue weighted by Crippen LogP contribution is -2.05. The van der Waals surface area contributed by atoms with Gasteiger partial charge in [0, 0.05) is 30.7 Å². The van der Waals surface area contributed by atoms with Gasteiger partial charge in [0.2, 0.25) is 0 Å². The fourth-order valence-corrected chi connectivity index (χ4v) is 6.40. The highest BCUT2D eigenvalue weighted by Crippen LogP contribution is 2.43. The largest absolute Gasteiger partial charge is 0.268 e. The van der Waals surface area contributed by atoms with E-state index in [1.54, 1.807) is 6.08 Å². The van der Waals surface area contributed by atoms with Crippen LogP contribution in [0.2, 0.25) is 0 Å². The maximum atomic E-state index is 5.69. The topological polar surface area (TPSA) is 25.2 Å². The van der Waals surface area contributed by atoms with E-state index < -0.39 is 0 Å². The molecule has 1 aromatic heterocycles. The van der Waals surface area contributed by atoms with Crippen molar-refractivity contribution >= 4 is 39.4 Å². The number of hydrogen-bond donors (Lipinski definition) is 0. The van der Waals surface area contributed by atoms with Crippen LogP contribution in [0, 0.1) is 19.3 Å². The van der Waals surface area contributed by atoms with Crippen molar-refractivity contribution in [2.75, 3.05) is 0 Å². The second-order valence-electron chi connectivity index (χ2n) is 11.0. The quantitative estimate of drug-likeness (QED) is 0.196. The minimum atomic E-state index is 0.258. The van der Waals surface area contributed by atoms with Crippen LogP contribution in [0.3, 0.4) is 0 Å². The molecule has 1 aliphatic heterocycles. The monoisotopic (exact) mass is 550 g/mol. The summed E-state index contributed by atoms with van der Waals surface area (Å²) in [5, 5.41) is 4.88. The second-order valence-corrected chi connectivity index (χ2v) is 11.0. The minimum Gasteiger partial charge on any atom is -0.268 e. The first-order chi connectivity index (χ1) is 21.2. The predicted octanol–water partition coefficient (Wildman–Crippen LogP) is 10.3. The van der Waals surface area contributed by atoms with Crippen LogP contribution in [-0.2, 0) is 0 Å². The Morgan fingerprint density at radius 1 is 0.744 bits per heavy atom. The summed E-state index contributed by atoms with van der Waals surface area (Å²) in [6.07, 6.45) is 18.2. The zero-order valence-corrected chi connectivity index (χ0v) is 24.0. The van der Waals surface area contributed by atoms with Crippen molar-refractivity contribution in [2.45, 2.75) is 19.3 Å². The molecule has 0 saturated carbocycles. The lowest BCUT2D eigenvalue weighted by Gasteiger charge is -2.20. The molecule has 1 aliphatic rings. The molecule has 0 fully saturated rings. The molecule has 5 aromatic carbocycles. The Hall–Kier alpha value is -5.52. The minimum absolute atomic E-state index is 0.258. The molecule has 6 aromatic rings. The highest BCUT2D eigenvalue weighted by atomic mass is 14.7. The molecule has 7 rings (SSSR count). The van der Waals surface area contributed by atoms with E-state index in [1.807, 2.05) is 24.8 Å². The number of pyridine rings is 1. The van der Waals surface area contributed by atoms with E-state index >= 15 is 0 Å². The summed E-state index contributed by atoms with van der Waals surface area (Å²) in [6.45, 7) is 2.22. The van der Waals surface area contributed by atoms with Crippen LogP contribution in [0.4, 0.5) is 0 Å². The first-order valence-electron chi connectivity index (χ1n) is 14.6. The molecule has 204 valence electrons. The van der Waals surface area contributed by atoms with E-state index in [4.69, 9.17) is 6.42 Å². The molecule has 0 radical (unpaired) electrons. The van der Waals surface area contributed by atoms with E-state index in [-0.39, 0.29) is 5.92 Å². The average Bonchev–Trinajstić information content (AvgIpc) is 3.07. The van der Waals surface area contributed by atoms with Gasteiger partial charge in [-0.05, 0) is 121 Å². The maximum Gasteiger partial charge on any atom is 0.0302 e. The maximum absolute atomic E-state index is 5.69. The number of nitrogens with zero attached hydrogens (tertiary/aromatic N) is 2. The Kier molecular flexibility index (Phi) is 6.99. The van der Waals surface area contributed by atoms with Gasteiger partial charge in [-0.2, -0.15) is 0 Å². The molecule has 0 bridgehead atoms. The molecular weight excluding hydrogens is 520 g/mol. The zero-order valence-electron chi connectivity index (χ0n) is 24.0. The first kappa shape index (κ1) is 26.4. The molecule has 2 nitrogen and oxygen atoms in total. The molecule has 0 spiro atoms. The molecule has 0 amide bonds. The summed E-state index contributed by atoms with van der Waals surface area (Å²) in [6, 6.07) is 37.0. The molecule has 1 atom stereocenters. The highest BCUT2D eigenvalue weighted by molar-refractivity contribution is 6.10. The molecule has 1 unspecified atom stereocenters. The van der Waals surface area contributed by atoms with Crippen molar-refractivity contribution in [3.05, 3.63) is 150 Å². The number of benzene rings is 5. The van der Waals surface area contributed by atoms with Gasteiger partial charge in [0.1, 0.15) is 0 Å². The van der Waals surface area contributed by atoms with Gasteiger partial charge in [-0.1, -0.05) is 84.8 Å². The van der Waals surface area contributed by atoms with Crippen molar-refractivity contribution < 1.29 is 0 Å². The number of rotatable bonds is 5. The van der Waals surface area contributed by atoms with Gasteiger partial charge >= 0.3 is 0 Å². The Bertz CT molecular complexity index is 2110. The number of allylic oxidation sites excluding steroid dienone is 2. The van der Waals surface area contributed by atoms with Crippen molar-refractivity contribution in [2.24, 2.45) is 4.99 Å². The molecular formula is C41H30N2. The van der Waals surface area contributed by atoms with Gasteiger partial charge in [0.15, 0.2) is 0 Å². The van der Waals surface area contributed by atoms with Gasteiger partial charge in [0.05, 0.1) is 0 Å². The Morgan fingerprint density at radius 3 is 2.16 bits per heavy atom. The fourth-order valence-electron chi connectivity index (χ4n) is 6.40. The number of fused-ring (bicyclic) bond motifs is 2. The molecule has 0 saturated heterocycles. The van der Waals surface area contributed by atoms with Crippen molar-refractivity contribution in [3.8, 4) is 34.6 Å². The van der Waals surface area contributed by atoms with Crippen LogP contribution in [-0.4, -0.2) is 11.2 Å². The van der Waals surface area contributed by atoms with E-state index in [2.05, 4.69) is 132 Å². The molecule has 0 aliphatic carbocycles. The van der Waals surface area contributed by atoms with E-state index in [9.17, 15) is 0 Å². The van der Waals surface area contributed by atoms with E-state index in [0.29, 0.717) is 0 Å². The van der Waals surface area contributed by atoms with E-state index in [1.165, 1.54) is 66.1 Å². The van der Waals surface area contributed by atoms with Crippen LogP contribution in [0.15, 0.2) is 133 Å². The number of hydrogen-bond acceptors (Lipinski definition) is 2. The summed E-state index contributed by atoms with van der Waals surface area (Å²) in [7, 11) is 0. The lowest BCUT2D eigenvalue weighted by molar-refractivity contribution is 0.920. The smallest absolute Gasteiger partial charge is 0.0302 e. The highest BCUT2D eigenvalue weighted by Gasteiger charge is 2.19. The third-order valence-electron chi connectivity index (χ3n) is 8.49. The van der Waals surface area contributed by atoms with Crippen LogP contribution in [0.1, 0.15) is 34.6 Å². The Labute approximate surface area is 252 Å². The van der Waals surface area contributed by atoms with Crippen LogP contribution >= 0.6 is 0 Å². The van der Waals surface area contributed by atoms with E-state index in [0.717, 1.165) is 12.0 Å². The lowest BCUT2D eigenvalue weighted by atomic mass is 9.83. The van der Waals surface area contributed by atoms with Crippen LogP contribution in [0.5, 0.6) is 0 Å². The van der Waals surface area contributed by atoms with Crippen LogP contribution in [0.25, 0.3) is 55.4 Å². The Balaban J connectivity index is 1.33. The molecule has 0 N–H and O–H groups in total. The molecule has 2 heteroatoms. The van der Waals surface area contributed by atoms with Gasteiger partial charge in [-0.3, -0.25) is 9.98 Å². The third-order valence-corrected chi connectivity index (χ3v) is 8.49. The van der Waals surface area contributed by atoms with Gasteiger partial charge in [0.25, 0.3) is 0 Å². The normalized spacial score (nSPS) is 14.7. The predicted molar refractivity (Wildman–Crippen MR) is 183 cm³/mol. The summed E-state index contributed by atoms with van der Waals surface area (Å²) >= 11 is 0. The summed E-state index contributed by atoms with van der Waals surface area (Å²) < 4.78 is 0. The fraction of sp³-hybridized carbons (Fsp3) is 0.0732. The van der Waals surface area contributed by atoms with Gasteiger partial charge < -0.3 is 0 Å². The summed E-state index contributed by atoms with van der Waals surface area (Å²) in [5.74, 6) is 2.96. The van der Waals surface area contributed by atoms with Gasteiger partial charge in [-0.15, -0.1) is 6.42 Å². The van der Waals surface area contributed by atoms with Crippen molar-refractivity contribution in [1.82, 2.24) is 4.98 Å². The molecule has 43 heavy (non-hydrogen) atoms. The number of terminal acetylenes is 1. The summed E-state index contributed by atoms with van der Waals surface area (Å²) in [5.41, 5.74) is 10.9. The number of aliphatic imine (C=N–C) groups is 1. The Morgan fingerprint density at radius 2 is 1.42 bits per heavy atom. The SMILES string of the molecule is C#C/C=C\c1c(C)c(-c2ccc3cc(C4=CN=CC(c5ccncc5)C4)ccc3c2)c2ccccc2c1-c1ccccc1. The third kappa shape index (κ3) is 4.96. The van der Waals surface area contributed by atoms with Gasteiger partial charge in [-0.25, -0.2) is 0 Å². The van der Waals surface area contributed by atoms with Crippen molar-refractivity contribution in [3.63, 3.8) is 0 Å². The zero-order chi connectivity index (χ0) is 29.2. The average molecular weight is 551 g/mol. The van der Waals surface area contributed by atoms with Crippen molar-refractivity contribution in [1.29, 1.82) is 0 Å². The molecule has 2 heterocycles. The standard InChI is InChI=1S/C41H30N2/c1-3-4-12-37-28(2)40(38-13-8-9-14-39(38)41(37)30-10-6-5-7-11-30)34-18-17-31-23-33(16-15-32(31)24-34)36-25-35(26-43-27-36)29-19-21-42-22-20-29/h1,4-24,26-27,35H,25H2,2H3/b12-4-. The second kappa shape index (κ2) is 11.4.